The number of rotatable bonds is 3. The van der Waals surface area contributed by atoms with E-state index in [2.05, 4.69) is 0 Å². The second kappa shape index (κ2) is 9.37. The molecule has 0 N–H and O–H groups in total. The van der Waals surface area contributed by atoms with Crippen LogP contribution in [0.2, 0.25) is 10.4 Å². The molecule has 0 aromatic carbocycles. The zero-order valence-electron chi connectivity index (χ0n) is 13.2. The van der Waals surface area contributed by atoms with Gasteiger partial charge in [-0.2, -0.15) is 0 Å². The number of hydrogen-bond acceptors (Lipinski definition) is 0. The summed E-state index contributed by atoms with van der Waals surface area (Å²) in [7, 11) is 0. The second-order valence-electron chi connectivity index (χ2n) is 7.50. The van der Waals surface area contributed by atoms with Crippen molar-refractivity contribution in [2.24, 2.45) is 0 Å². The Morgan fingerprint density at radius 3 is 0.900 bits per heavy atom. The van der Waals surface area contributed by atoms with Crippen LogP contribution in [0.1, 0.15) is 96.3 Å². The summed E-state index contributed by atoms with van der Waals surface area (Å²) in [6.45, 7) is 0. The fraction of sp³-hybridized carbons (Fsp3) is 1.00. The third kappa shape index (κ3) is 4.60. The number of halogens is 1. The van der Waals surface area contributed by atoms with Crippen LogP contribution in [0.5, 0.6) is 0 Å². The molecule has 0 aromatic heterocycles. The van der Waals surface area contributed by atoms with Crippen LogP contribution in [0.4, 0.5) is 0 Å². The predicted octanol–water partition coefficient (Wildman–Crippen LogP) is 6.91. The molecule has 0 saturated heterocycles. The standard InChI is InChI=1S/3C6H11.ClH.Pb/c3*1-2-4-6-5-3-1;;/h3*1H,2-6H2;1H;. The fourth-order valence-corrected chi connectivity index (χ4v) is 25.6. The molecule has 3 rings (SSSR count). The summed E-state index contributed by atoms with van der Waals surface area (Å²) in [5.74, 6) is 0. The molecule has 0 unspecified atom stereocenters. The van der Waals surface area contributed by atoms with Crippen molar-refractivity contribution in [3.05, 3.63) is 0 Å². The topological polar surface area (TPSA) is 0 Å². The average Bonchev–Trinajstić information content (AvgIpc) is 2.51. The van der Waals surface area contributed by atoms with Crippen LogP contribution in [-0.4, -0.2) is 22.7 Å². The molecular weight excluding hydrogens is 459 g/mol. The monoisotopic (exact) mass is 493 g/mol. The Kier molecular flexibility index (Phi) is 8.23. The van der Waals surface area contributed by atoms with Gasteiger partial charge in [0.1, 0.15) is 0 Å². The van der Waals surface area contributed by atoms with Crippen LogP contribution in [0.25, 0.3) is 0 Å². The average molecular weight is 493 g/mol. The molecule has 2 heteroatoms. The zero-order valence-corrected chi connectivity index (χ0v) is 18.0. The molecule has 3 aliphatic carbocycles. The molecule has 0 bridgehead atoms. The van der Waals surface area contributed by atoms with Crippen molar-refractivity contribution in [1.82, 2.24) is 0 Å². The van der Waals surface area contributed by atoms with E-state index in [0.717, 1.165) is 0 Å². The summed E-state index contributed by atoms with van der Waals surface area (Å²) in [6, 6.07) is 0. The Bertz CT molecular complexity index is 207. The minimum Gasteiger partial charge on any atom is -0.147 e. The Morgan fingerprint density at radius 1 is 0.400 bits per heavy atom. The van der Waals surface area contributed by atoms with Crippen LogP contribution in [-0.2, 0) is 0 Å². The summed E-state index contributed by atoms with van der Waals surface area (Å²) < 4.78 is 4.01. The van der Waals surface area contributed by atoms with E-state index >= 15 is 0 Å². The fourth-order valence-electron chi connectivity index (χ4n) is 5.31. The minimum atomic E-state index is -1.34. The first-order chi connectivity index (χ1) is 9.45. The predicted molar refractivity (Wildman–Crippen MR) is 93.5 cm³/mol. The quantitative estimate of drug-likeness (QED) is 0.375. The van der Waals surface area contributed by atoms with Gasteiger partial charge in [-0.25, -0.2) is 0 Å². The summed E-state index contributed by atoms with van der Waals surface area (Å²) in [5.41, 5.74) is 0. The molecule has 3 aliphatic rings. The summed E-state index contributed by atoms with van der Waals surface area (Å²) in [5, 5.41) is 0. The molecule has 0 spiro atoms. The van der Waals surface area contributed by atoms with Gasteiger partial charge in [-0.1, -0.05) is 0 Å². The molecule has 0 nitrogen and oxygen atoms in total. The van der Waals surface area contributed by atoms with Crippen LogP contribution < -0.4 is 0 Å². The molecule has 117 valence electrons. The largest absolute Gasteiger partial charge is 0.147 e. The van der Waals surface area contributed by atoms with Crippen LogP contribution >= 0.6 is 12.4 Å². The first kappa shape index (κ1) is 17.6. The molecule has 0 heterocycles. The van der Waals surface area contributed by atoms with Crippen LogP contribution in [0.3, 0.4) is 0 Å². The summed E-state index contributed by atoms with van der Waals surface area (Å²) in [6.07, 6.45) is 24.3. The van der Waals surface area contributed by atoms with Gasteiger partial charge in [-0.3, -0.25) is 0 Å². The van der Waals surface area contributed by atoms with E-state index < -0.39 is 22.7 Å². The van der Waals surface area contributed by atoms with E-state index in [4.69, 9.17) is 0 Å². The first-order valence-corrected chi connectivity index (χ1v) is 16.0. The van der Waals surface area contributed by atoms with Gasteiger partial charge in [0.05, 0.1) is 0 Å². The van der Waals surface area contributed by atoms with Gasteiger partial charge in [0.2, 0.25) is 0 Å². The Labute approximate surface area is 141 Å². The molecule has 3 fully saturated rings. The van der Waals surface area contributed by atoms with E-state index in [9.17, 15) is 0 Å². The van der Waals surface area contributed by atoms with Crippen molar-refractivity contribution in [3.63, 3.8) is 0 Å². The van der Waals surface area contributed by atoms with Crippen molar-refractivity contribution in [2.45, 2.75) is 107 Å². The summed E-state index contributed by atoms with van der Waals surface area (Å²) >= 11 is -1.34. The van der Waals surface area contributed by atoms with Crippen LogP contribution in [0, 0.1) is 0 Å². The van der Waals surface area contributed by atoms with Crippen molar-refractivity contribution in [1.29, 1.82) is 0 Å². The normalized spacial score (nSPS) is 27.4. The van der Waals surface area contributed by atoms with Gasteiger partial charge in [0.15, 0.2) is 0 Å². The third-order valence-electron chi connectivity index (χ3n) is 6.23. The van der Waals surface area contributed by atoms with Gasteiger partial charge >= 0.3 is 129 Å². The van der Waals surface area contributed by atoms with Crippen molar-refractivity contribution < 1.29 is 0 Å². The smallest absolute Gasteiger partial charge is 0.147 e. The molecule has 1 radical (unpaired) electrons. The SMILES string of the molecule is C1CC[CH]([Pb]([CH]2CCCCC2)[CH]2CCCCC2)CC1.Cl. The van der Waals surface area contributed by atoms with Crippen molar-refractivity contribution in [3.8, 4) is 0 Å². The van der Waals surface area contributed by atoms with E-state index in [1.807, 2.05) is 0 Å². The summed E-state index contributed by atoms with van der Waals surface area (Å²) in [4.78, 5) is 0. The van der Waals surface area contributed by atoms with Gasteiger partial charge in [0.25, 0.3) is 0 Å². The molecular formula is C18H34ClPb. The first-order valence-electron chi connectivity index (χ1n) is 9.32. The third-order valence-corrected chi connectivity index (χ3v) is 24.0. The Hall–Kier alpha value is 1.21. The molecule has 0 atom stereocenters. The molecule has 0 aliphatic heterocycles. The van der Waals surface area contributed by atoms with E-state index in [-0.39, 0.29) is 12.4 Å². The zero-order chi connectivity index (χ0) is 12.9. The maximum atomic E-state index is 1.68. The van der Waals surface area contributed by atoms with Crippen molar-refractivity contribution in [2.75, 3.05) is 0 Å². The van der Waals surface area contributed by atoms with E-state index in [1.165, 1.54) is 10.4 Å². The molecule has 20 heavy (non-hydrogen) atoms. The Balaban J connectivity index is 0.00000147. The molecule has 0 aromatic rings. The van der Waals surface area contributed by atoms with Crippen molar-refractivity contribution >= 4 is 35.1 Å². The van der Waals surface area contributed by atoms with Gasteiger partial charge < -0.3 is 0 Å². The van der Waals surface area contributed by atoms with E-state index in [1.54, 1.807) is 96.3 Å². The van der Waals surface area contributed by atoms with Gasteiger partial charge in [-0.15, -0.1) is 12.4 Å². The molecule has 3 saturated carbocycles. The van der Waals surface area contributed by atoms with E-state index in [0.29, 0.717) is 0 Å². The maximum Gasteiger partial charge on any atom is -0.147 e. The number of hydrogen-bond donors (Lipinski definition) is 0. The second-order valence-corrected chi connectivity index (χ2v) is 20.9. The molecule has 0 amide bonds. The van der Waals surface area contributed by atoms with Crippen LogP contribution in [0.15, 0.2) is 0 Å². The van der Waals surface area contributed by atoms with Gasteiger partial charge in [-0.05, 0) is 0 Å². The van der Waals surface area contributed by atoms with Gasteiger partial charge in [0, 0.05) is 0 Å². The minimum absolute atomic E-state index is 0. The Morgan fingerprint density at radius 2 is 0.650 bits per heavy atom. The maximum absolute atomic E-state index is 1.68.